The number of nitrogens with zero attached hydrogens (tertiary/aromatic N) is 1. The summed E-state index contributed by atoms with van der Waals surface area (Å²) in [6.07, 6.45) is 0.309. The van der Waals surface area contributed by atoms with Crippen molar-refractivity contribution in [2.45, 2.75) is 29.4 Å². The van der Waals surface area contributed by atoms with E-state index in [4.69, 9.17) is 5.26 Å². The molecule has 1 aromatic rings. The van der Waals surface area contributed by atoms with Crippen LogP contribution in [0.1, 0.15) is 19.8 Å². The highest BCUT2D eigenvalue weighted by Gasteiger charge is 2.54. The average Bonchev–Trinajstić information content (AvgIpc) is 2.27. The number of nitriles is 1. The number of halogens is 2. The molecule has 6 heteroatoms. The van der Waals surface area contributed by atoms with Gasteiger partial charge in [0, 0.05) is 0 Å². The second-order valence-electron chi connectivity index (χ2n) is 4.70. The van der Waals surface area contributed by atoms with Crippen LogP contribution in [0.5, 0.6) is 0 Å². The van der Waals surface area contributed by atoms with E-state index in [2.05, 4.69) is 0 Å². The highest BCUT2D eigenvalue weighted by molar-refractivity contribution is 7.93. The van der Waals surface area contributed by atoms with Crippen LogP contribution in [0.4, 0.5) is 8.78 Å². The lowest BCUT2D eigenvalue weighted by Gasteiger charge is -2.39. The van der Waals surface area contributed by atoms with E-state index in [1.54, 1.807) is 6.07 Å². The van der Waals surface area contributed by atoms with Crippen molar-refractivity contribution in [1.29, 1.82) is 5.26 Å². The first-order valence-electron chi connectivity index (χ1n) is 5.43. The minimum absolute atomic E-state index is 0.0936. The second kappa shape index (κ2) is 4.02. The van der Waals surface area contributed by atoms with Crippen LogP contribution in [0.15, 0.2) is 23.1 Å². The summed E-state index contributed by atoms with van der Waals surface area (Å²) in [6, 6.07) is 3.99. The van der Waals surface area contributed by atoms with Gasteiger partial charge < -0.3 is 0 Å². The smallest absolute Gasteiger partial charge is 0.200 e. The summed E-state index contributed by atoms with van der Waals surface area (Å²) < 4.78 is 49.5. The van der Waals surface area contributed by atoms with Gasteiger partial charge in [0.05, 0.1) is 6.07 Å². The Morgan fingerprint density at radius 3 is 2.50 bits per heavy atom. The van der Waals surface area contributed by atoms with E-state index in [1.165, 1.54) is 0 Å². The third-order valence-electron chi connectivity index (χ3n) is 3.26. The Morgan fingerprint density at radius 2 is 2.00 bits per heavy atom. The molecule has 0 N–H and O–H groups in total. The molecule has 96 valence electrons. The Kier molecular flexibility index (Phi) is 2.90. The summed E-state index contributed by atoms with van der Waals surface area (Å²) in [5, 5.41) is 9.07. The summed E-state index contributed by atoms with van der Waals surface area (Å²) >= 11 is 0. The largest absolute Gasteiger partial charge is 0.222 e. The SMILES string of the molecule is CC1CC(C#N)(S(=O)(=O)c2cc(F)ccc2F)C1. The predicted octanol–water partition coefficient (Wildman–Crippen LogP) is 2.43. The molecule has 0 bridgehead atoms. The van der Waals surface area contributed by atoms with Crippen molar-refractivity contribution in [2.24, 2.45) is 5.92 Å². The fourth-order valence-corrected chi connectivity index (χ4v) is 4.47. The first-order valence-corrected chi connectivity index (χ1v) is 6.92. The normalized spacial score (nSPS) is 27.3. The summed E-state index contributed by atoms with van der Waals surface area (Å²) in [5.41, 5.74) is 0. The fourth-order valence-electron chi connectivity index (χ4n) is 2.33. The maximum absolute atomic E-state index is 13.5. The molecule has 0 unspecified atom stereocenters. The quantitative estimate of drug-likeness (QED) is 0.830. The van der Waals surface area contributed by atoms with Gasteiger partial charge >= 0.3 is 0 Å². The molecule has 1 aromatic carbocycles. The van der Waals surface area contributed by atoms with Crippen molar-refractivity contribution in [2.75, 3.05) is 0 Å². The maximum Gasteiger partial charge on any atom is 0.200 e. The lowest BCUT2D eigenvalue weighted by atomic mass is 9.76. The lowest BCUT2D eigenvalue weighted by Crippen LogP contribution is -2.48. The molecule has 0 atom stereocenters. The third-order valence-corrected chi connectivity index (χ3v) is 5.60. The van der Waals surface area contributed by atoms with Gasteiger partial charge in [-0.15, -0.1) is 0 Å². The molecule has 0 heterocycles. The Labute approximate surface area is 104 Å². The highest BCUT2D eigenvalue weighted by atomic mass is 32.2. The van der Waals surface area contributed by atoms with Crippen LogP contribution in [-0.2, 0) is 9.84 Å². The number of hydrogen-bond acceptors (Lipinski definition) is 3. The number of hydrogen-bond donors (Lipinski definition) is 0. The van der Waals surface area contributed by atoms with Crippen LogP contribution in [0.25, 0.3) is 0 Å². The van der Waals surface area contributed by atoms with Gasteiger partial charge in [0.15, 0.2) is 14.6 Å². The van der Waals surface area contributed by atoms with E-state index < -0.39 is 31.1 Å². The monoisotopic (exact) mass is 271 g/mol. The Balaban J connectivity index is 2.56. The van der Waals surface area contributed by atoms with Crippen LogP contribution in [0.3, 0.4) is 0 Å². The van der Waals surface area contributed by atoms with Crippen molar-refractivity contribution in [3.05, 3.63) is 29.8 Å². The Hall–Kier alpha value is -1.48. The molecular formula is C12H11F2NO2S. The predicted molar refractivity (Wildman–Crippen MR) is 60.3 cm³/mol. The standard InChI is InChI=1S/C12H11F2NO2S/c1-8-5-12(6-8,7-15)18(16,17)11-4-9(13)2-3-10(11)14/h2-4,8H,5-6H2,1H3. The Morgan fingerprint density at radius 1 is 1.39 bits per heavy atom. The van der Waals surface area contributed by atoms with Gasteiger partial charge in [-0.3, -0.25) is 0 Å². The summed E-state index contributed by atoms with van der Waals surface area (Å²) in [4.78, 5) is -0.726. The van der Waals surface area contributed by atoms with Crippen LogP contribution in [-0.4, -0.2) is 13.2 Å². The van der Waals surface area contributed by atoms with E-state index >= 15 is 0 Å². The van der Waals surface area contributed by atoms with Crippen molar-refractivity contribution in [3.63, 3.8) is 0 Å². The molecular weight excluding hydrogens is 260 g/mol. The van der Waals surface area contributed by atoms with E-state index in [1.807, 2.05) is 6.92 Å². The van der Waals surface area contributed by atoms with Gasteiger partial charge in [0.1, 0.15) is 16.5 Å². The van der Waals surface area contributed by atoms with Gasteiger partial charge in [0.25, 0.3) is 0 Å². The topological polar surface area (TPSA) is 57.9 Å². The fraction of sp³-hybridized carbons (Fsp3) is 0.417. The third kappa shape index (κ3) is 1.70. The first-order chi connectivity index (χ1) is 8.32. The van der Waals surface area contributed by atoms with Crippen molar-refractivity contribution < 1.29 is 17.2 Å². The van der Waals surface area contributed by atoms with Crippen molar-refractivity contribution in [3.8, 4) is 6.07 Å². The van der Waals surface area contributed by atoms with Gasteiger partial charge in [0.2, 0.25) is 0 Å². The van der Waals surface area contributed by atoms with Crippen molar-refractivity contribution in [1.82, 2.24) is 0 Å². The van der Waals surface area contributed by atoms with Crippen LogP contribution < -0.4 is 0 Å². The van der Waals surface area contributed by atoms with E-state index in [0.717, 1.165) is 12.1 Å². The molecule has 2 rings (SSSR count). The van der Waals surface area contributed by atoms with Gasteiger partial charge in [-0.2, -0.15) is 5.26 Å². The van der Waals surface area contributed by atoms with Gasteiger partial charge in [-0.25, -0.2) is 17.2 Å². The molecule has 0 saturated heterocycles. The average molecular weight is 271 g/mol. The number of sulfone groups is 1. The zero-order chi connectivity index (χ0) is 13.6. The van der Waals surface area contributed by atoms with Crippen LogP contribution in [0, 0.1) is 28.9 Å². The summed E-state index contributed by atoms with van der Waals surface area (Å²) in [5.74, 6) is -1.77. The van der Waals surface area contributed by atoms with Crippen LogP contribution in [0.2, 0.25) is 0 Å². The molecule has 0 spiro atoms. The van der Waals surface area contributed by atoms with E-state index in [9.17, 15) is 17.2 Å². The molecule has 1 aliphatic rings. The molecule has 1 fully saturated rings. The summed E-state index contributed by atoms with van der Waals surface area (Å²) in [6.45, 7) is 1.81. The molecule has 1 aliphatic carbocycles. The van der Waals surface area contributed by atoms with Crippen molar-refractivity contribution >= 4 is 9.84 Å². The number of rotatable bonds is 2. The minimum Gasteiger partial charge on any atom is -0.222 e. The zero-order valence-corrected chi connectivity index (χ0v) is 10.5. The first kappa shape index (κ1) is 13.0. The molecule has 3 nitrogen and oxygen atoms in total. The zero-order valence-electron chi connectivity index (χ0n) is 9.65. The minimum atomic E-state index is -4.18. The molecule has 0 aromatic heterocycles. The molecule has 0 aliphatic heterocycles. The highest BCUT2D eigenvalue weighted by Crippen LogP contribution is 2.46. The molecule has 0 amide bonds. The van der Waals surface area contributed by atoms with E-state index in [0.29, 0.717) is 6.07 Å². The lowest BCUT2D eigenvalue weighted by molar-refractivity contribution is 0.286. The summed E-state index contributed by atoms with van der Waals surface area (Å²) in [7, 11) is -4.18. The van der Waals surface area contributed by atoms with Gasteiger partial charge in [-0.1, -0.05) is 6.92 Å². The molecule has 0 radical (unpaired) electrons. The Bertz CT molecular complexity index is 628. The number of benzene rings is 1. The molecule has 18 heavy (non-hydrogen) atoms. The maximum atomic E-state index is 13.5. The van der Waals surface area contributed by atoms with E-state index in [-0.39, 0.29) is 18.8 Å². The van der Waals surface area contributed by atoms with Crippen LogP contribution >= 0.6 is 0 Å². The molecule has 1 saturated carbocycles. The van der Waals surface area contributed by atoms with Gasteiger partial charge in [-0.05, 0) is 37.0 Å². The second-order valence-corrected chi connectivity index (χ2v) is 6.93.